The number of carbonyl (C=O) groups is 1. The van der Waals surface area contributed by atoms with Gasteiger partial charge in [0.1, 0.15) is 5.82 Å². The van der Waals surface area contributed by atoms with Crippen LogP contribution in [0.15, 0.2) is 30.9 Å². The summed E-state index contributed by atoms with van der Waals surface area (Å²) in [4.78, 5) is 22.5. The lowest BCUT2D eigenvalue weighted by molar-refractivity contribution is 0.111. The van der Waals surface area contributed by atoms with Crippen molar-refractivity contribution in [2.45, 2.75) is 6.54 Å². The third-order valence-corrected chi connectivity index (χ3v) is 1.78. The van der Waals surface area contributed by atoms with Crippen LogP contribution >= 0.6 is 0 Å². The molecule has 0 spiro atoms. The summed E-state index contributed by atoms with van der Waals surface area (Å²) in [6, 6.07) is 1.75. The molecule has 14 heavy (non-hydrogen) atoms. The molecule has 0 N–H and O–H groups in total. The van der Waals surface area contributed by atoms with Crippen molar-refractivity contribution in [2.24, 2.45) is 0 Å². The van der Waals surface area contributed by atoms with Gasteiger partial charge in [0.15, 0.2) is 12.1 Å². The second-order valence-electron chi connectivity index (χ2n) is 2.70. The Morgan fingerprint density at radius 3 is 2.71 bits per heavy atom. The van der Waals surface area contributed by atoms with Gasteiger partial charge in [0, 0.05) is 24.8 Å². The van der Waals surface area contributed by atoms with E-state index in [-0.39, 0.29) is 0 Å². The highest BCUT2D eigenvalue weighted by Gasteiger charge is 2.02. The van der Waals surface area contributed by atoms with E-state index in [4.69, 9.17) is 0 Å². The van der Waals surface area contributed by atoms with Gasteiger partial charge in [-0.2, -0.15) is 0 Å². The average Bonchev–Trinajstić information content (AvgIpc) is 2.67. The van der Waals surface area contributed by atoms with Crippen LogP contribution in [0.4, 0.5) is 0 Å². The first kappa shape index (κ1) is 8.55. The van der Waals surface area contributed by atoms with Crippen LogP contribution in [0.2, 0.25) is 0 Å². The van der Waals surface area contributed by atoms with Gasteiger partial charge < -0.3 is 4.57 Å². The minimum atomic E-state index is 0.387. The minimum Gasteiger partial charge on any atom is -0.321 e. The highest BCUT2D eigenvalue weighted by Crippen LogP contribution is 1.98. The molecule has 0 atom stereocenters. The zero-order chi connectivity index (χ0) is 9.80. The zero-order valence-electron chi connectivity index (χ0n) is 7.37. The zero-order valence-corrected chi connectivity index (χ0v) is 7.37. The summed E-state index contributed by atoms with van der Waals surface area (Å²) in [5, 5.41) is 0. The molecule has 5 heteroatoms. The molecule has 0 amide bonds. The molecule has 0 saturated heterocycles. The van der Waals surface area contributed by atoms with Crippen LogP contribution in [0.3, 0.4) is 0 Å². The molecular weight excluding hydrogens is 180 g/mol. The molecule has 0 saturated carbocycles. The van der Waals surface area contributed by atoms with Crippen LogP contribution in [0, 0.1) is 0 Å². The van der Waals surface area contributed by atoms with Gasteiger partial charge in [-0.15, -0.1) is 0 Å². The monoisotopic (exact) mass is 188 g/mol. The third kappa shape index (κ3) is 1.66. The highest BCUT2D eigenvalue weighted by molar-refractivity contribution is 5.69. The fourth-order valence-electron chi connectivity index (χ4n) is 1.14. The van der Waals surface area contributed by atoms with Gasteiger partial charge in [0.2, 0.25) is 0 Å². The predicted octanol–water partition coefficient (Wildman–Crippen LogP) is 0.534. The van der Waals surface area contributed by atoms with Crippen LogP contribution in [0.5, 0.6) is 0 Å². The number of hydrogen-bond acceptors (Lipinski definition) is 4. The molecule has 0 aromatic carbocycles. The van der Waals surface area contributed by atoms with Gasteiger partial charge in [0.25, 0.3) is 0 Å². The number of aldehydes is 1. The Morgan fingerprint density at radius 1 is 1.21 bits per heavy atom. The molecule has 0 aliphatic carbocycles. The maximum atomic E-state index is 10.6. The Kier molecular flexibility index (Phi) is 2.31. The molecule has 2 aromatic heterocycles. The van der Waals surface area contributed by atoms with Crippen LogP contribution in [-0.2, 0) is 6.54 Å². The predicted molar refractivity (Wildman–Crippen MR) is 48.7 cm³/mol. The summed E-state index contributed by atoms with van der Waals surface area (Å²) in [5.74, 6) is 1.05. The summed E-state index contributed by atoms with van der Waals surface area (Å²) in [5.41, 5.74) is 0. The first-order valence-electron chi connectivity index (χ1n) is 4.12. The summed E-state index contributed by atoms with van der Waals surface area (Å²) in [6.07, 6.45) is 7.34. The first-order chi connectivity index (χ1) is 6.90. The van der Waals surface area contributed by atoms with Crippen molar-refractivity contribution >= 4 is 6.29 Å². The summed E-state index contributed by atoms with van der Waals surface area (Å²) in [6.45, 7) is 0.467. The van der Waals surface area contributed by atoms with Gasteiger partial charge in [-0.1, -0.05) is 0 Å². The molecule has 0 bridgehead atoms. The van der Waals surface area contributed by atoms with E-state index in [2.05, 4.69) is 15.0 Å². The molecule has 0 aliphatic heterocycles. The lowest BCUT2D eigenvalue weighted by atomic mass is 10.5. The van der Waals surface area contributed by atoms with Crippen molar-refractivity contribution in [3.63, 3.8) is 0 Å². The van der Waals surface area contributed by atoms with E-state index in [9.17, 15) is 4.79 Å². The van der Waals surface area contributed by atoms with Crippen molar-refractivity contribution in [1.82, 2.24) is 19.5 Å². The van der Waals surface area contributed by atoms with Gasteiger partial charge >= 0.3 is 0 Å². The topological polar surface area (TPSA) is 60.7 Å². The van der Waals surface area contributed by atoms with E-state index < -0.39 is 0 Å². The number of aromatic nitrogens is 4. The number of imidazole rings is 1. The van der Waals surface area contributed by atoms with E-state index in [1.165, 1.54) is 0 Å². The summed E-state index contributed by atoms with van der Waals surface area (Å²) in [7, 11) is 0. The van der Waals surface area contributed by atoms with Crippen molar-refractivity contribution in [2.75, 3.05) is 0 Å². The number of carbonyl (C=O) groups excluding carboxylic acids is 1. The van der Waals surface area contributed by atoms with Crippen molar-refractivity contribution in [1.29, 1.82) is 0 Å². The number of nitrogens with zero attached hydrogens (tertiary/aromatic N) is 4. The van der Waals surface area contributed by atoms with Crippen LogP contribution < -0.4 is 0 Å². The molecule has 0 radical (unpaired) electrons. The normalized spacial score (nSPS) is 10.0. The Bertz CT molecular complexity index is 423. The van der Waals surface area contributed by atoms with Gasteiger partial charge in [-0.05, 0) is 6.07 Å². The van der Waals surface area contributed by atoms with Crippen molar-refractivity contribution in [3.8, 4) is 0 Å². The molecule has 0 unspecified atom stereocenters. The van der Waals surface area contributed by atoms with Crippen molar-refractivity contribution in [3.05, 3.63) is 42.5 Å². The van der Waals surface area contributed by atoms with E-state index in [1.54, 1.807) is 35.4 Å². The fourth-order valence-corrected chi connectivity index (χ4v) is 1.14. The first-order valence-corrected chi connectivity index (χ1v) is 4.12. The standard InChI is InChI=1S/C9H8N4O/c14-7-9-12-4-5-13(9)6-8-10-2-1-3-11-8/h1-5,7H,6H2. The fraction of sp³-hybridized carbons (Fsp3) is 0.111. The van der Waals surface area contributed by atoms with Gasteiger partial charge in [0.05, 0.1) is 6.54 Å². The molecule has 70 valence electrons. The molecule has 2 aromatic rings. The molecule has 0 aliphatic rings. The molecule has 5 nitrogen and oxygen atoms in total. The minimum absolute atomic E-state index is 0.387. The Morgan fingerprint density at radius 2 is 2.00 bits per heavy atom. The largest absolute Gasteiger partial charge is 0.321 e. The maximum absolute atomic E-state index is 10.6. The van der Waals surface area contributed by atoms with E-state index >= 15 is 0 Å². The van der Waals surface area contributed by atoms with Crippen molar-refractivity contribution < 1.29 is 4.79 Å². The summed E-state index contributed by atoms with van der Waals surface area (Å²) < 4.78 is 1.70. The second-order valence-corrected chi connectivity index (χ2v) is 2.70. The van der Waals surface area contributed by atoms with Crippen LogP contribution in [0.25, 0.3) is 0 Å². The number of hydrogen-bond donors (Lipinski definition) is 0. The summed E-state index contributed by atoms with van der Waals surface area (Å²) >= 11 is 0. The second kappa shape index (κ2) is 3.78. The molecule has 2 rings (SSSR count). The average molecular weight is 188 g/mol. The van der Waals surface area contributed by atoms with E-state index in [1.807, 2.05) is 0 Å². The molecule has 0 fully saturated rings. The van der Waals surface area contributed by atoms with Crippen LogP contribution in [0.1, 0.15) is 16.4 Å². The molecule has 2 heterocycles. The maximum Gasteiger partial charge on any atom is 0.185 e. The quantitative estimate of drug-likeness (QED) is 0.659. The Labute approximate surface area is 80.5 Å². The van der Waals surface area contributed by atoms with Gasteiger partial charge in [-0.25, -0.2) is 15.0 Å². The smallest absolute Gasteiger partial charge is 0.185 e. The van der Waals surface area contributed by atoms with Crippen LogP contribution in [-0.4, -0.2) is 25.8 Å². The highest BCUT2D eigenvalue weighted by atomic mass is 16.1. The lowest BCUT2D eigenvalue weighted by Crippen LogP contribution is -2.06. The number of rotatable bonds is 3. The SMILES string of the molecule is O=Cc1nccn1Cc1ncccn1. The lowest BCUT2D eigenvalue weighted by Gasteiger charge is -2.01. The Hall–Kier alpha value is -2.04. The Balaban J connectivity index is 2.23. The van der Waals surface area contributed by atoms with E-state index in [0.29, 0.717) is 24.5 Å². The van der Waals surface area contributed by atoms with E-state index in [0.717, 1.165) is 0 Å². The molecular formula is C9H8N4O. The van der Waals surface area contributed by atoms with Gasteiger partial charge in [-0.3, -0.25) is 4.79 Å². The third-order valence-electron chi connectivity index (χ3n) is 1.78.